The van der Waals surface area contributed by atoms with Crippen LogP contribution in [-0.4, -0.2) is 41.0 Å². The van der Waals surface area contributed by atoms with Crippen LogP contribution >= 0.6 is 0 Å². The van der Waals surface area contributed by atoms with E-state index in [0.29, 0.717) is 18.7 Å². The minimum atomic E-state index is -0.644. The molecule has 2 unspecified atom stereocenters. The molecule has 5 heteroatoms. The van der Waals surface area contributed by atoms with E-state index in [1.165, 1.54) is 0 Å². The van der Waals surface area contributed by atoms with E-state index < -0.39 is 17.7 Å². The lowest BCUT2D eigenvalue weighted by molar-refractivity contribution is -0.140. The van der Waals surface area contributed by atoms with Gasteiger partial charge in [-0.15, -0.1) is 0 Å². The molecule has 0 bridgehead atoms. The summed E-state index contributed by atoms with van der Waals surface area (Å²) < 4.78 is 5.75. The topological polar surface area (TPSA) is 66.8 Å². The number of rotatable bonds is 4. The summed E-state index contributed by atoms with van der Waals surface area (Å²) in [6.07, 6.45) is 1.71. The Kier molecular flexibility index (Phi) is 5.95. The molecule has 32 heavy (non-hydrogen) atoms. The van der Waals surface area contributed by atoms with Crippen LogP contribution in [0.2, 0.25) is 0 Å². The SMILES string of the molecule is Cc1ccc(C(C)(C)C)cc1/C(O)=C1\C(=O)C(=O)N(CC2CCCO2)C1c1ccccc1. The van der Waals surface area contributed by atoms with Crippen LogP contribution in [0.5, 0.6) is 0 Å². The molecular formula is C27H31NO4. The Morgan fingerprint density at radius 3 is 2.47 bits per heavy atom. The van der Waals surface area contributed by atoms with Gasteiger partial charge >= 0.3 is 0 Å². The van der Waals surface area contributed by atoms with Crippen molar-refractivity contribution in [1.82, 2.24) is 4.90 Å². The fraction of sp³-hybridized carbons (Fsp3) is 0.407. The first-order valence-corrected chi connectivity index (χ1v) is 11.2. The molecule has 168 valence electrons. The Hall–Kier alpha value is -2.92. The number of ether oxygens (including phenoxy) is 1. The second-order valence-corrected chi connectivity index (χ2v) is 9.78. The van der Waals surface area contributed by atoms with E-state index in [2.05, 4.69) is 20.8 Å². The van der Waals surface area contributed by atoms with E-state index >= 15 is 0 Å². The maximum Gasteiger partial charge on any atom is 0.295 e. The molecule has 0 aromatic heterocycles. The molecule has 2 atom stereocenters. The number of carbonyl (C=O) groups is 2. The molecule has 2 saturated heterocycles. The van der Waals surface area contributed by atoms with E-state index in [0.717, 1.165) is 29.5 Å². The summed E-state index contributed by atoms with van der Waals surface area (Å²) in [7, 11) is 0. The Morgan fingerprint density at radius 2 is 1.84 bits per heavy atom. The quantitative estimate of drug-likeness (QED) is 0.423. The number of aryl methyl sites for hydroxylation is 1. The number of aliphatic hydroxyl groups is 1. The van der Waals surface area contributed by atoms with E-state index in [9.17, 15) is 14.7 Å². The molecule has 0 spiro atoms. The highest BCUT2D eigenvalue weighted by Crippen LogP contribution is 2.41. The molecule has 2 aromatic carbocycles. The van der Waals surface area contributed by atoms with Gasteiger partial charge in [0.1, 0.15) is 5.76 Å². The number of amides is 1. The summed E-state index contributed by atoms with van der Waals surface area (Å²) in [5, 5.41) is 11.4. The minimum absolute atomic E-state index is 0.0922. The van der Waals surface area contributed by atoms with Gasteiger partial charge in [-0.2, -0.15) is 0 Å². The Balaban J connectivity index is 1.86. The van der Waals surface area contributed by atoms with Crippen LogP contribution in [0.4, 0.5) is 0 Å². The maximum atomic E-state index is 13.2. The number of hydrogen-bond donors (Lipinski definition) is 1. The van der Waals surface area contributed by atoms with Gasteiger partial charge in [-0.25, -0.2) is 0 Å². The smallest absolute Gasteiger partial charge is 0.295 e. The first-order chi connectivity index (χ1) is 15.2. The number of carbonyl (C=O) groups excluding carboxylic acids is 2. The van der Waals surface area contributed by atoms with Gasteiger partial charge < -0.3 is 14.7 Å². The highest BCUT2D eigenvalue weighted by Gasteiger charge is 2.47. The Morgan fingerprint density at radius 1 is 1.12 bits per heavy atom. The van der Waals surface area contributed by atoms with Crippen LogP contribution in [0, 0.1) is 6.92 Å². The van der Waals surface area contributed by atoms with Gasteiger partial charge in [0.15, 0.2) is 0 Å². The standard InChI is InChI=1S/C27H31NO4/c1-17-12-13-19(27(2,3)4)15-21(17)24(29)22-23(18-9-6-5-7-10-18)28(26(31)25(22)30)16-20-11-8-14-32-20/h5-7,9-10,12-13,15,20,23,29H,8,11,14,16H2,1-4H3/b24-22+. The molecule has 0 saturated carbocycles. The van der Waals surface area contributed by atoms with Crippen molar-refractivity contribution in [3.05, 3.63) is 76.4 Å². The van der Waals surface area contributed by atoms with Crippen molar-refractivity contribution in [2.24, 2.45) is 0 Å². The number of aliphatic hydroxyl groups excluding tert-OH is 1. The molecule has 2 fully saturated rings. The van der Waals surface area contributed by atoms with Crippen molar-refractivity contribution in [3.8, 4) is 0 Å². The largest absolute Gasteiger partial charge is 0.507 e. The number of benzene rings is 2. The molecule has 0 aliphatic carbocycles. The van der Waals surface area contributed by atoms with E-state index in [-0.39, 0.29) is 22.9 Å². The van der Waals surface area contributed by atoms with E-state index in [4.69, 9.17) is 4.74 Å². The van der Waals surface area contributed by atoms with Gasteiger partial charge in [0.2, 0.25) is 0 Å². The average molecular weight is 434 g/mol. The van der Waals surface area contributed by atoms with Gasteiger partial charge in [-0.1, -0.05) is 63.2 Å². The van der Waals surface area contributed by atoms with Crippen molar-refractivity contribution >= 4 is 17.4 Å². The molecule has 1 N–H and O–H groups in total. The lowest BCUT2D eigenvalue weighted by atomic mass is 9.84. The third-order valence-corrected chi connectivity index (χ3v) is 6.44. The summed E-state index contributed by atoms with van der Waals surface area (Å²) in [4.78, 5) is 27.9. The second kappa shape index (κ2) is 8.55. The number of hydrogen-bond acceptors (Lipinski definition) is 4. The van der Waals surface area contributed by atoms with Gasteiger partial charge in [0.25, 0.3) is 11.7 Å². The Labute approximate surface area is 189 Å². The van der Waals surface area contributed by atoms with E-state index in [1.54, 1.807) is 4.90 Å². The molecule has 4 rings (SSSR count). The van der Waals surface area contributed by atoms with Crippen LogP contribution in [0.25, 0.3) is 5.76 Å². The monoisotopic (exact) mass is 433 g/mol. The molecular weight excluding hydrogens is 402 g/mol. The lowest BCUT2D eigenvalue weighted by Gasteiger charge is -2.27. The second-order valence-electron chi connectivity index (χ2n) is 9.78. The highest BCUT2D eigenvalue weighted by atomic mass is 16.5. The molecule has 2 aliphatic rings. The zero-order valence-electron chi connectivity index (χ0n) is 19.2. The minimum Gasteiger partial charge on any atom is -0.507 e. The van der Waals surface area contributed by atoms with Crippen molar-refractivity contribution in [2.75, 3.05) is 13.2 Å². The van der Waals surface area contributed by atoms with Crippen LogP contribution < -0.4 is 0 Å². The number of Topliss-reactive ketones (excluding diaryl/α,β-unsaturated/α-hetero) is 1. The van der Waals surface area contributed by atoms with Crippen molar-refractivity contribution in [3.63, 3.8) is 0 Å². The van der Waals surface area contributed by atoms with Crippen LogP contribution in [0.1, 0.15) is 61.9 Å². The molecule has 5 nitrogen and oxygen atoms in total. The van der Waals surface area contributed by atoms with Gasteiger partial charge in [0.05, 0.1) is 17.7 Å². The zero-order chi connectivity index (χ0) is 23.0. The van der Waals surface area contributed by atoms with Crippen LogP contribution in [0.3, 0.4) is 0 Å². The predicted molar refractivity (Wildman–Crippen MR) is 124 cm³/mol. The van der Waals surface area contributed by atoms with Gasteiger partial charge in [0, 0.05) is 18.7 Å². The molecule has 0 radical (unpaired) electrons. The predicted octanol–water partition coefficient (Wildman–Crippen LogP) is 4.89. The normalized spacial score (nSPS) is 23.2. The summed E-state index contributed by atoms with van der Waals surface area (Å²) >= 11 is 0. The van der Waals surface area contributed by atoms with Crippen LogP contribution in [0.15, 0.2) is 54.1 Å². The zero-order valence-corrected chi connectivity index (χ0v) is 19.2. The summed E-state index contributed by atoms with van der Waals surface area (Å²) in [6, 6.07) is 14.7. The summed E-state index contributed by atoms with van der Waals surface area (Å²) in [6.45, 7) is 9.22. The molecule has 2 aromatic rings. The lowest BCUT2D eigenvalue weighted by Crippen LogP contribution is -2.36. The third-order valence-electron chi connectivity index (χ3n) is 6.44. The average Bonchev–Trinajstić information content (AvgIpc) is 3.36. The summed E-state index contributed by atoms with van der Waals surface area (Å²) in [5.74, 6) is -1.34. The van der Waals surface area contributed by atoms with Crippen LogP contribution in [-0.2, 0) is 19.7 Å². The van der Waals surface area contributed by atoms with Gasteiger partial charge in [-0.05, 0) is 47.9 Å². The Bertz CT molecular complexity index is 1060. The van der Waals surface area contributed by atoms with E-state index in [1.807, 2.05) is 55.5 Å². The van der Waals surface area contributed by atoms with Crippen molar-refractivity contribution in [1.29, 1.82) is 0 Å². The summed E-state index contributed by atoms with van der Waals surface area (Å²) in [5.41, 5.74) is 3.33. The van der Waals surface area contributed by atoms with Crippen molar-refractivity contribution in [2.45, 2.75) is 58.1 Å². The first-order valence-electron chi connectivity index (χ1n) is 11.2. The molecule has 2 heterocycles. The number of nitrogens with zero attached hydrogens (tertiary/aromatic N) is 1. The number of ketones is 1. The third kappa shape index (κ3) is 4.09. The highest BCUT2D eigenvalue weighted by molar-refractivity contribution is 6.46. The van der Waals surface area contributed by atoms with Crippen molar-refractivity contribution < 1.29 is 19.4 Å². The fourth-order valence-corrected chi connectivity index (χ4v) is 4.55. The molecule has 2 aliphatic heterocycles. The number of likely N-dealkylation sites (tertiary alicyclic amines) is 1. The first kappa shape index (κ1) is 22.3. The molecule has 1 amide bonds. The maximum absolute atomic E-state index is 13.2. The van der Waals surface area contributed by atoms with Gasteiger partial charge in [-0.3, -0.25) is 9.59 Å². The fourth-order valence-electron chi connectivity index (χ4n) is 4.55.